The summed E-state index contributed by atoms with van der Waals surface area (Å²) in [6, 6.07) is 50.1. The van der Waals surface area contributed by atoms with Crippen molar-refractivity contribution in [3.8, 4) is 28.3 Å². The van der Waals surface area contributed by atoms with Gasteiger partial charge < -0.3 is 8.98 Å². The van der Waals surface area contributed by atoms with Crippen molar-refractivity contribution in [3.63, 3.8) is 0 Å². The molecule has 1 aliphatic carbocycles. The summed E-state index contributed by atoms with van der Waals surface area (Å²) in [5.41, 5.74) is 12.4. The van der Waals surface area contributed by atoms with Crippen LogP contribution in [0, 0.1) is 0 Å². The number of aromatic nitrogens is 3. The molecule has 3 heterocycles. The molecule has 0 unspecified atom stereocenters. The third-order valence-corrected chi connectivity index (χ3v) is 12.3. The first-order chi connectivity index (χ1) is 26.2. The van der Waals surface area contributed by atoms with Crippen molar-refractivity contribution < 1.29 is 4.42 Å². The Balaban J connectivity index is 1.10. The van der Waals surface area contributed by atoms with Gasteiger partial charge in [-0.25, -0.2) is 9.97 Å². The molecule has 4 nitrogen and oxygen atoms in total. The number of fused-ring (bicyclic) bond motifs is 10. The van der Waals surface area contributed by atoms with Crippen LogP contribution in [0.2, 0.25) is 0 Å². The molecule has 0 amide bonds. The highest BCUT2D eigenvalue weighted by Crippen LogP contribution is 2.48. The smallest absolute Gasteiger partial charge is 0.160 e. The largest absolute Gasteiger partial charge is 0.456 e. The van der Waals surface area contributed by atoms with Crippen molar-refractivity contribution >= 4 is 65.4 Å². The molecule has 1 aliphatic rings. The van der Waals surface area contributed by atoms with Crippen LogP contribution in [0.4, 0.5) is 0 Å². The van der Waals surface area contributed by atoms with E-state index in [1.807, 2.05) is 12.1 Å². The number of nitrogens with zero attached hydrogens (tertiary/aromatic N) is 3. The molecule has 4 heteroatoms. The highest BCUT2D eigenvalue weighted by molar-refractivity contribution is 6.12. The summed E-state index contributed by atoms with van der Waals surface area (Å²) in [4.78, 5) is 10.6. The standard InChI is InChI=1S/C50H39N3O/c1-49(2)25-26-50(3,4)41-29-43-39(28-40(41)49)35-13-7-9-15-42(35)53(43)33-21-17-31(18-22-33)48-51-46(38-24-19-30-11-5-6-12-34(30)47(38)52-48)32-20-23-37-36-14-8-10-16-44(36)54-45(37)27-32/h5-24,27-29H,25-26H2,1-4H3. The van der Waals surface area contributed by atoms with Gasteiger partial charge in [0.15, 0.2) is 5.82 Å². The molecule has 0 aliphatic heterocycles. The summed E-state index contributed by atoms with van der Waals surface area (Å²) in [5, 5.41) is 8.11. The van der Waals surface area contributed by atoms with Crippen LogP contribution in [0.5, 0.6) is 0 Å². The zero-order valence-corrected chi connectivity index (χ0v) is 30.9. The maximum Gasteiger partial charge on any atom is 0.160 e. The minimum absolute atomic E-state index is 0.119. The summed E-state index contributed by atoms with van der Waals surface area (Å²) in [5.74, 6) is 0.699. The highest BCUT2D eigenvalue weighted by Gasteiger charge is 2.38. The van der Waals surface area contributed by atoms with Crippen molar-refractivity contribution in [3.05, 3.63) is 151 Å². The molecule has 0 saturated heterocycles. The van der Waals surface area contributed by atoms with Gasteiger partial charge in [0.05, 0.1) is 22.2 Å². The van der Waals surface area contributed by atoms with Crippen LogP contribution in [0.15, 0.2) is 144 Å². The van der Waals surface area contributed by atoms with Crippen LogP contribution in [0.1, 0.15) is 51.7 Å². The van der Waals surface area contributed by atoms with E-state index in [4.69, 9.17) is 14.4 Å². The van der Waals surface area contributed by atoms with Gasteiger partial charge in [0.2, 0.25) is 0 Å². The number of hydrogen-bond donors (Lipinski definition) is 0. The predicted molar refractivity (Wildman–Crippen MR) is 225 cm³/mol. The Bertz CT molecular complexity index is 3160. The summed E-state index contributed by atoms with van der Waals surface area (Å²) in [6.07, 6.45) is 2.38. The van der Waals surface area contributed by atoms with Crippen molar-refractivity contribution in [2.45, 2.75) is 51.4 Å². The number of benzene rings is 7. The SMILES string of the molecule is CC1(C)CCC(C)(C)c2cc3c(cc21)c1ccccc1n3-c1ccc(-c2nc(-c3ccc4c(c3)oc3ccccc34)c3ccc4ccccc4c3n2)cc1. The van der Waals surface area contributed by atoms with E-state index in [1.165, 1.54) is 45.8 Å². The molecule has 0 saturated carbocycles. The lowest BCUT2D eigenvalue weighted by molar-refractivity contribution is 0.332. The van der Waals surface area contributed by atoms with E-state index in [0.29, 0.717) is 5.82 Å². The number of rotatable bonds is 3. The Labute approximate surface area is 313 Å². The summed E-state index contributed by atoms with van der Waals surface area (Å²) in [7, 11) is 0. The molecule has 11 rings (SSSR count). The maximum atomic E-state index is 6.33. The topological polar surface area (TPSA) is 43.9 Å². The molecule has 260 valence electrons. The molecule has 10 aromatic rings. The van der Waals surface area contributed by atoms with Crippen molar-refractivity contribution in [2.24, 2.45) is 0 Å². The Morgan fingerprint density at radius 2 is 1.15 bits per heavy atom. The van der Waals surface area contributed by atoms with Gasteiger partial charge in [-0.15, -0.1) is 0 Å². The van der Waals surface area contributed by atoms with Gasteiger partial charge in [0.1, 0.15) is 11.2 Å². The first-order valence-corrected chi connectivity index (χ1v) is 19.0. The van der Waals surface area contributed by atoms with Crippen LogP contribution in [0.3, 0.4) is 0 Å². The molecule has 0 radical (unpaired) electrons. The van der Waals surface area contributed by atoms with Gasteiger partial charge in [0, 0.05) is 49.1 Å². The van der Waals surface area contributed by atoms with Gasteiger partial charge in [-0.1, -0.05) is 100 Å². The third-order valence-electron chi connectivity index (χ3n) is 12.3. The van der Waals surface area contributed by atoms with E-state index in [9.17, 15) is 0 Å². The van der Waals surface area contributed by atoms with Crippen LogP contribution in [-0.2, 0) is 10.8 Å². The number of furan rings is 1. The Morgan fingerprint density at radius 3 is 1.96 bits per heavy atom. The predicted octanol–water partition coefficient (Wildman–Crippen LogP) is 13.5. The zero-order valence-electron chi connectivity index (χ0n) is 30.9. The second-order valence-electron chi connectivity index (χ2n) is 16.5. The number of hydrogen-bond acceptors (Lipinski definition) is 3. The maximum absolute atomic E-state index is 6.33. The van der Waals surface area contributed by atoms with Gasteiger partial charge in [0.25, 0.3) is 0 Å². The fourth-order valence-electron chi connectivity index (χ4n) is 9.15. The Morgan fingerprint density at radius 1 is 0.500 bits per heavy atom. The molecular formula is C50H39N3O. The minimum Gasteiger partial charge on any atom is -0.456 e. The van der Waals surface area contributed by atoms with E-state index in [-0.39, 0.29) is 10.8 Å². The lowest BCUT2D eigenvalue weighted by Gasteiger charge is -2.42. The van der Waals surface area contributed by atoms with E-state index < -0.39 is 0 Å². The number of para-hydroxylation sites is 2. The van der Waals surface area contributed by atoms with E-state index in [0.717, 1.165) is 66.1 Å². The normalized spacial score (nSPS) is 15.2. The van der Waals surface area contributed by atoms with Gasteiger partial charge in [-0.05, 0) is 107 Å². The average Bonchev–Trinajstić information content (AvgIpc) is 3.74. The monoisotopic (exact) mass is 697 g/mol. The first-order valence-electron chi connectivity index (χ1n) is 19.0. The Hall–Kier alpha value is -6.26. The van der Waals surface area contributed by atoms with Crippen molar-refractivity contribution in [1.82, 2.24) is 14.5 Å². The first kappa shape index (κ1) is 31.3. The second-order valence-corrected chi connectivity index (χ2v) is 16.5. The summed E-state index contributed by atoms with van der Waals surface area (Å²) < 4.78 is 8.77. The average molecular weight is 698 g/mol. The fraction of sp³-hybridized carbons (Fsp3) is 0.160. The van der Waals surface area contributed by atoms with Gasteiger partial charge >= 0.3 is 0 Å². The van der Waals surface area contributed by atoms with E-state index >= 15 is 0 Å². The summed E-state index contributed by atoms with van der Waals surface area (Å²) in [6.45, 7) is 9.63. The molecule has 0 bridgehead atoms. The Kier molecular flexibility index (Phi) is 6.45. The lowest BCUT2D eigenvalue weighted by Crippen LogP contribution is -2.33. The third kappa shape index (κ3) is 4.56. The molecule has 3 aromatic heterocycles. The highest BCUT2D eigenvalue weighted by atomic mass is 16.3. The van der Waals surface area contributed by atoms with Gasteiger partial charge in [-0.2, -0.15) is 0 Å². The lowest BCUT2D eigenvalue weighted by atomic mass is 9.63. The molecule has 0 atom stereocenters. The van der Waals surface area contributed by atoms with Crippen LogP contribution in [0.25, 0.3) is 93.8 Å². The van der Waals surface area contributed by atoms with E-state index in [1.54, 1.807) is 0 Å². The zero-order chi connectivity index (χ0) is 36.3. The quantitative estimate of drug-likeness (QED) is 0.173. The fourth-order valence-corrected chi connectivity index (χ4v) is 9.15. The van der Waals surface area contributed by atoms with Crippen LogP contribution < -0.4 is 0 Å². The van der Waals surface area contributed by atoms with Crippen molar-refractivity contribution in [1.29, 1.82) is 0 Å². The molecule has 0 fully saturated rings. The molecule has 0 spiro atoms. The van der Waals surface area contributed by atoms with Crippen LogP contribution in [-0.4, -0.2) is 14.5 Å². The second kappa shape index (κ2) is 11.1. The molecule has 0 N–H and O–H groups in total. The van der Waals surface area contributed by atoms with E-state index in [2.05, 4.69) is 160 Å². The molecule has 54 heavy (non-hydrogen) atoms. The van der Waals surface area contributed by atoms with Gasteiger partial charge in [-0.3, -0.25) is 0 Å². The molecular weight excluding hydrogens is 659 g/mol. The van der Waals surface area contributed by atoms with Crippen LogP contribution >= 0.6 is 0 Å². The molecule has 7 aromatic carbocycles. The minimum atomic E-state index is 0.119. The summed E-state index contributed by atoms with van der Waals surface area (Å²) >= 11 is 0. The van der Waals surface area contributed by atoms with Crippen molar-refractivity contribution in [2.75, 3.05) is 0 Å².